The van der Waals surface area contributed by atoms with E-state index in [9.17, 15) is 4.79 Å². The van der Waals surface area contributed by atoms with E-state index < -0.39 is 0 Å². The Morgan fingerprint density at radius 2 is 2.04 bits per heavy atom. The first kappa shape index (κ1) is 15.5. The lowest BCUT2D eigenvalue weighted by Crippen LogP contribution is -2.40. The van der Waals surface area contributed by atoms with Gasteiger partial charge in [-0.3, -0.25) is 4.79 Å². The average molecular weight is 310 g/mol. The summed E-state index contributed by atoms with van der Waals surface area (Å²) in [6, 6.07) is 12.1. The number of hydrogen-bond donors (Lipinski definition) is 1. The second-order valence-corrected chi connectivity index (χ2v) is 5.92. The minimum absolute atomic E-state index is 0.234. The topological polar surface area (TPSA) is 72.1 Å². The van der Waals surface area contributed by atoms with Crippen molar-refractivity contribution in [3.05, 3.63) is 54.0 Å². The number of rotatable bonds is 6. The van der Waals surface area contributed by atoms with Crippen molar-refractivity contribution < 1.29 is 4.79 Å². The number of benzene rings is 1. The molecule has 3 rings (SSSR count). The van der Waals surface area contributed by atoms with E-state index in [1.54, 1.807) is 6.20 Å². The Hall–Kier alpha value is -2.43. The van der Waals surface area contributed by atoms with E-state index in [4.69, 9.17) is 5.73 Å². The lowest BCUT2D eigenvalue weighted by atomic mass is 10.1. The van der Waals surface area contributed by atoms with Gasteiger partial charge in [-0.25, -0.2) is 9.97 Å². The molecule has 1 aromatic carbocycles. The molecular weight excluding hydrogens is 288 g/mol. The van der Waals surface area contributed by atoms with E-state index in [1.165, 1.54) is 5.56 Å². The highest BCUT2D eigenvalue weighted by Gasteiger charge is 2.30. The van der Waals surface area contributed by atoms with E-state index in [0.717, 1.165) is 50.3 Å². The molecule has 120 valence electrons. The molecular formula is C18H22N4O. The fourth-order valence-electron chi connectivity index (χ4n) is 3.10. The van der Waals surface area contributed by atoms with Gasteiger partial charge < -0.3 is 10.6 Å². The SMILES string of the molecule is NC(=O)C1CCCN1c1ccnc(CCCc2ccccc2)n1. The second-order valence-electron chi connectivity index (χ2n) is 5.92. The molecule has 2 N–H and O–H groups in total. The zero-order chi connectivity index (χ0) is 16.1. The van der Waals surface area contributed by atoms with Gasteiger partial charge in [-0.15, -0.1) is 0 Å². The van der Waals surface area contributed by atoms with Crippen molar-refractivity contribution in [1.29, 1.82) is 0 Å². The fourth-order valence-corrected chi connectivity index (χ4v) is 3.10. The lowest BCUT2D eigenvalue weighted by molar-refractivity contribution is -0.119. The normalized spacial score (nSPS) is 17.4. The second kappa shape index (κ2) is 7.22. The van der Waals surface area contributed by atoms with Crippen LogP contribution in [0.3, 0.4) is 0 Å². The Balaban J connectivity index is 1.62. The first-order chi connectivity index (χ1) is 11.2. The van der Waals surface area contributed by atoms with E-state index in [0.29, 0.717) is 0 Å². The molecule has 1 unspecified atom stereocenters. The largest absolute Gasteiger partial charge is 0.368 e. The van der Waals surface area contributed by atoms with Gasteiger partial charge in [0.15, 0.2) is 0 Å². The molecule has 23 heavy (non-hydrogen) atoms. The van der Waals surface area contributed by atoms with E-state index in [2.05, 4.69) is 34.2 Å². The molecule has 1 aliphatic heterocycles. The zero-order valence-electron chi connectivity index (χ0n) is 13.2. The molecule has 0 radical (unpaired) electrons. The van der Waals surface area contributed by atoms with Crippen molar-refractivity contribution >= 4 is 11.7 Å². The summed E-state index contributed by atoms with van der Waals surface area (Å²) in [6.07, 6.45) is 6.41. The van der Waals surface area contributed by atoms with Gasteiger partial charge in [0.05, 0.1) is 0 Å². The lowest BCUT2D eigenvalue weighted by Gasteiger charge is -2.23. The smallest absolute Gasteiger partial charge is 0.240 e. The highest BCUT2D eigenvalue weighted by Crippen LogP contribution is 2.23. The summed E-state index contributed by atoms with van der Waals surface area (Å²) in [4.78, 5) is 22.5. The van der Waals surface area contributed by atoms with Crippen molar-refractivity contribution in [2.24, 2.45) is 5.73 Å². The van der Waals surface area contributed by atoms with E-state index in [-0.39, 0.29) is 11.9 Å². The number of nitrogens with two attached hydrogens (primary N) is 1. The van der Waals surface area contributed by atoms with Crippen LogP contribution in [0.1, 0.15) is 30.7 Å². The molecule has 0 aliphatic carbocycles. The molecule has 1 aliphatic rings. The third kappa shape index (κ3) is 3.86. The van der Waals surface area contributed by atoms with Gasteiger partial charge in [0.1, 0.15) is 17.7 Å². The number of hydrogen-bond acceptors (Lipinski definition) is 4. The first-order valence-electron chi connectivity index (χ1n) is 8.16. The molecule has 5 heteroatoms. The molecule has 1 amide bonds. The summed E-state index contributed by atoms with van der Waals surface area (Å²) >= 11 is 0. The molecule has 0 spiro atoms. The van der Waals surface area contributed by atoms with Crippen LogP contribution in [0.25, 0.3) is 0 Å². The summed E-state index contributed by atoms with van der Waals surface area (Å²) in [5, 5.41) is 0. The average Bonchev–Trinajstić information content (AvgIpc) is 3.06. The van der Waals surface area contributed by atoms with Crippen LogP contribution < -0.4 is 10.6 Å². The third-order valence-electron chi connectivity index (χ3n) is 4.27. The van der Waals surface area contributed by atoms with Gasteiger partial charge in [-0.05, 0) is 37.3 Å². The highest BCUT2D eigenvalue weighted by atomic mass is 16.1. The number of aromatic nitrogens is 2. The van der Waals surface area contributed by atoms with Gasteiger partial charge in [-0.1, -0.05) is 30.3 Å². The van der Waals surface area contributed by atoms with Crippen molar-refractivity contribution in [2.45, 2.75) is 38.1 Å². The first-order valence-corrected chi connectivity index (χ1v) is 8.16. The maximum absolute atomic E-state index is 11.5. The van der Waals surface area contributed by atoms with Crippen LogP contribution in [0.15, 0.2) is 42.6 Å². The molecule has 2 aromatic rings. The fraction of sp³-hybridized carbons (Fsp3) is 0.389. The summed E-state index contributed by atoms with van der Waals surface area (Å²) < 4.78 is 0. The van der Waals surface area contributed by atoms with Gasteiger partial charge in [0, 0.05) is 19.2 Å². The summed E-state index contributed by atoms with van der Waals surface area (Å²) in [6.45, 7) is 0.827. The number of aryl methyl sites for hydroxylation is 2. The van der Waals surface area contributed by atoms with Crippen molar-refractivity contribution in [3.63, 3.8) is 0 Å². The number of nitrogens with zero attached hydrogens (tertiary/aromatic N) is 3. The Bertz CT molecular complexity index is 659. The predicted molar refractivity (Wildman–Crippen MR) is 90.1 cm³/mol. The van der Waals surface area contributed by atoms with Crippen LogP contribution in [-0.2, 0) is 17.6 Å². The molecule has 1 atom stereocenters. The number of primary amides is 1. The standard InChI is InChI=1S/C18H22N4O/c19-18(23)15-9-5-13-22(15)17-11-12-20-16(21-17)10-4-8-14-6-2-1-3-7-14/h1-3,6-7,11-12,15H,4-5,8-10,13H2,(H2,19,23). The van der Waals surface area contributed by atoms with Gasteiger partial charge in [0.25, 0.3) is 0 Å². The van der Waals surface area contributed by atoms with Crippen LogP contribution in [0, 0.1) is 0 Å². The van der Waals surface area contributed by atoms with Gasteiger partial charge >= 0.3 is 0 Å². The molecule has 0 saturated carbocycles. The van der Waals surface area contributed by atoms with E-state index in [1.807, 2.05) is 17.0 Å². The molecule has 1 fully saturated rings. The van der Waals surface area contributed by atoms with Crippen molar-refractivity contribution in [1.82, 2.24) is 9.97 Å². The van der Waals surface area contributed by atoms with Crippen LogP contribution in [0.2, 0.25) is 0 Å². The number of carbonyl (C=O) groups is 1. The molecule has 2 heterocycles. The zero-order valence-corrected chi connectivity index (χ0v) is 13.2. The van der Waals surface area contributed by atoms with Crippen molar-refractivity contribution in [2.75, 3.05) is 11.4 Å². The van der Waals surface area contributed by atoms with Crippen LogP contribution in [0.4, 0.5) is 5.82 Å². The third-order valence-corrected chi connectivity index (χ3v) is 4.27. The molecule has 1 saturated heterocycles. The predicted octanol–water partition coefficient (Wildman–Crippen LogP) is 2.11. The number of anilines is 1. The number of amides is 1. The number of carbonyl (C=O) groups excluding carboxylic acids is 1. The quantitative estimate of drug-likeness (QED) is 0.887. The Kier molecular flexibility index (Phi) is 4.86. The van der Waals surface area contributed by atoms with Gasteiger partial charge in [0.2, 0.25) is 5.91 Å². The maximum Gasteiger partial charge on any atom is 0.240 e. The summed E-state index contributed by atoms with van der Waals surface area (Å²) in [5.41, 5.74) is 6.81. The van der Waals surface area contributed by atoms with Gasteiger partial charge in [-0.2, -0.15) is 0 Å². The Labute approximate surface area is 136 Å². The van der Waals surface area contributed by atoms with Crippen molar-refractivity contribution in [3.8, 4) is 0 Å². The minimum atomic E-state index is -0.272. The Morgan fingerprint density at radius 3 is 2.83 bits per heavy atom. The summed E-state index contributed by atoms with van der Waals surface area (Å²) in [7, 11) is 0. The Morgan fingerprint density at radius 1 is 1.22 bits per heavy atom. The van der Waals surface area contributed by atoms with Crippen LogP contribution >= 0.6 is 0 Å². The van der Waals surface area contributed by atoms with Crippen LogP contribution in [0.5, 0.6) is 0 Å². The summed E-state index contributed by atoms with van der Waals surface area (Å²) in [5.74, 6) is 1.37. The minimum Gasteiger partial charge on any atom is -0.368 e. The van der Waals surface area contributed by atoms with E-state index >= 15 is 0 Å². The molecule has 0 bridgehead atoms. The molecule has 5 nitrogen and oxygen atoms in total. The maximum atomic E-state index is 11.5. The monoisotopic (exact) mass is 310 g/mol. The molecule has 1 aromatic heterocycles. The van der Waals surface area contributed by atoms with Crippen LogP contribution in [-0.4, -0.2) is 28.5 Å². The highest BCUT2D eigenvalue weighted by molar-refractivity contribution is 5.83.